The lowest BCUT2D eigenvalue weighted by atomic mass is 10.1. The third-order valence-electron chi connectivity index (χ3n) is 2.45. The second kappa shape index (κ2) is 5.48. The Labute approximate surface area is 110 Å². The van der Waals surface area contributed by atoms with E-state index in [1.54, 1.807) is 6.26 Å². The Bertz CT molecular complexity index is 632. The van der Waals surface area contributed by atoms with Crippen molar-refractivity contribution in [1.82, 2.24) is 0 Å². The summed E-state index contributed by atoms with van der Waals surface area (Å²) in [5.41, 5.74) is 0.936. The van der Waals surface area contributed by atoms with E-state index in [1.807, 2.05) is 24.3 Å². The van der Waals surface area contributed by atoms with Crippen LogP contribution in [0, 0.1) is 10.2 Å². The summed E-state index contributed by atoms with van der Waals surface area (Å²) in [4.78, 5) is 0. The maximum absolute atomic E-state index is 8.49. The quantitative estimate of drug-likeness (QED) is 0.392. The lowest BCUT2D eigenvalue weighted by Gasteiger charge is -2.17. The molecule has 6 heteroatoms. The van der Waals surface area contributed by atoms with Crippen LogP contribution in [0.25, 0.3) is 21.7 Å². The van der Waals surface area contributed by atoms with E-state index >= 15 is 0 Å². The lowest BCUT2D eigenvalue weighted by molar-refractivity contribution is -2.00. The Kier molecular flexibility index (Phi) is 3.94. The Morgan fingerprint density at radius 3 is 1.95 bits per heavy atom. The highest BCUT2D eigenvalue weighted by Gasteiger charge is 2.08. The predicted molar refractivity (Wildman–Crippen MR) is 58.1 cm³/mol. The summed E-state index contributed by atoms with van der Waals surface area (Å²) in [5.74, 6) is 0. The van der Waals surface area contributed by atoms with E-state index in [1.165, 1.54) is 10.8 Å². The SMILES string of the molecule is [O-][Cl+3]([O-])([O-])[O-].c1ccc2c(c1)c[o+]c1ccccc12. The molecule has 0 N–H and O–H groups in total. The summed E-state index contributed by atoms with van der Waals surface area (Å²) in [6, 6.07) is 16.3. The molecule has 0 aliphatic carbocycles. The summed E-state index contributed by atoms with van der Waals surface area (Å²) < 4.78 is 39.5. The van der Waals surface area contributed by atoms with E-state index in [4.69, 9.17) is 23.1 Å². The molecule has 0 atom stereocenters. The standard InChI is InChI=1S/C13H9O.ClHO4/c1-2-6-11-10(5-1)9-14-13-8-4-3-7-12(11)13;2-1(3,4)5/h1-9H;(H,2,3,4,5)/q+1;/p-1. The van der Waals surface area contributed by atoms with E-state index in [0.717, 1.165) is 11.0 Å². The molecule has 0 saturated carbocycles. The first-order chi connectivity index (χ1) is 8.95. The van der Waals surface area contributed by atoms with Gasteiger partial charge < -0.3 is 0 Å². The molecule has 0 radical (unpaired) electrons. The second-order valence-corrected chi connectivity index (χ2v) is 4.45. The Balaban J connectivity index is 0.000000232. The number of hydrogen-bond acceptors (Lipinski definition) is 4. The third kappa shape index (κ3) is 3.85. The normalized spacial score (nSPS) is 11.2. The molecule has 3 rings (SSSR count). The van der Waals surface area contributed by atoms with Gasteiger partial charge in [0.25, 0.3) is 0 Å². The number of hydrogen-bond donors (Lipinski definition) is 0. The topological polar surface area (TPSA) is 104 Å². The van der Waals surface area contributed by atoms with E-state index in [2.05, 4.69) is 24.3 Å². The van der Waals surface area contributed by atoms with Crippen LogP contribution in [0.15, 0.2) is 59.2 Å². The second-order valence-electron chi connectivity index (χ2n) is 3.70. The fourth-order valence-corrected chi connectivity index (χ4v) is 1.76. The molecule has 0 spiro atoms. The zero-order valence-electron chi connectivity index (χ0n) is 9.62. The molecule has 0 aliphatic heterocycles. The molecule has 5 nitrogen and oxygen atoms in total. The lowest BCUT2D eigenvalue weighted by Crippen LogP contribution is -2.68. The van der Waals surface area contributed by atoms with Gasteiger partial charge in [0.05, 0.1) is 10.8 Å². The van der Waals surface area contributed by atoms with Crippen LogP contribution >= 0.6 is 0 Å². The van der Waals surface area contributed by atoms with Crippen molar-refractivity contribution in [1.29, 1.82) is 0 Å². The fraction of sp³-hybridized carbons (Fsp3) is 0. The Morgan fingerprint density at radius 2 is 1.26 bits per heavy atom. The minimum Gasteiger partial charge on any atom is -0.222 e. The predicted octanol–water partition coefficient (Wildman–Crippen LogP) is -0.889. The molecule has 2 aromatic carbocycles. The van der Waals surface area contributed by atoms with Crippen LogP contribution in [-0.2, 0) is 0 Å². The maximum Gasteiger partial charge on any atom is 0.360 e. The minimum absolute atomic E-state index is 0.936. The Morgan fingerprint density at radius 1 is 0.737 bits per heavy atom. The van der Waals surface area contributed by atoms with Gasteiger partial charge in [-0.15, -0.1) is 10.2 Å². The van der Waals surface area contributed by atoms with E-state index in [9.17, 15) is 0 Å². The van der Waals surface area contributed by atoms with Crippen LogP contribution in [0.4, 0.5) is 0 Å². The number of halogens is 1. The first-order valence-corrected chi connectivity index (χ1v) is 6.48. The first-order valence-electron chi connectivity index (χ1n) is 5.25. The highest BCUT2D eigenvalue weighted by atomic mass is 35.7. The number of rotatable bonds is 0. The molecule has 19 heavy (non-hydrogen) atoms. The molecule has 0 bridgehead atoms. The van der Waals surface area contributed by atoms with Crippen molar-refractivity contribution in [3.63, 3.8) is 0 Å². The molecule has 0 aliphatic rings. The maximum atomic E-state index is 8.49. The molecule has 3 aromatic rings. The van der Waals surface area contributed by atoms with Crippen LogP contribution in [0.1, 0.15) is 0 Å². The average Bonchev–Trinajstić information content (AvgIpc) is 2.37. The minimum atomic E-state index is -4.94. The zero-order chi connectivity index (χ0) is 13.9. The van der Waals surface area contributed by atoms with Gasteiger partial charge in [-0.25, -0.2) is 23.1 Å². The van der Waals surface area contributed by atoms with Gasteiger partial charge in [0.15, 0.2) is 0 Å². The van der Waals surface area contributed by atoms with Gasteiger partial charge in [-0.2, -0.15) is 0 Å². The zero-order valence-corrected chi connectivity index (χ0v) is 10.4. The molecule has 1 heterocycles. The van der Waals surface area contributed by atoms with Gasteiger partial charge >= 0.3 is 11.8 Å². The van der Waals surface area contributed by atoms with Gasteiger partial charge in [-0.1, -0.05) is 30.3 Å². The molecule has 0 unspecified atom stereocenters. The van der Waals surface area contributed by atoms with Gasteiger partial charge in [-0.3, -0.25) is 0 Å². The van der Waals surface area contributed by atoms with Crippen molar-refractivity contribution < 1.29 is 33.3 Å². The molecule has 0 saturated heterocycles. The fourth-order valence-electron chi connectivity index (χ4n) is 1.76. The van der Waals surface area contributed by atoms with Crippen LogP contribution < -0.4 is 18.6 Å². The molecular weight excluding hydrogens is 272 g/mol. The van der Waals surface area contributed by atoms with Crippen molar-refractivity contribution in [3.8, 4) is 0 Å². The summed E-state index contributed by atoms with van der Waals surface area (Å²) in [6.07, 6.45) is 1.80. The van der Waals surface area contributed by atoms with Crippen LogP contribution in [0.3, 0.4) is 0 Å². The highest BCUT2D eigenvalue weighted by molar-refractivity contribution is 6.04. The number of para-hydroxylation sites is 1. The van der Waals surface area contributed by atoms with Crippen molar-refractivity contribution in [2.24, 2.45) is 0 Å². The highest BCUT2D eigenvalue weighted by Crippen LogP contribution is 2.24. The number of fused-ring (bicyclic) bond motifs is 3. The number of benzene rings is 2. The summed E-state index contributed by atoms with van der Waals surface area (Å²) in [5, 5.41) is 3.56. The van der Waals surface area contributed by atoms with Crippen molar-refractivity contribution in [2.75, 3.05) is 0 Å². The van der Waals surface area contributed by atoms with E-state index < -0.39 is 10.2 Å². The van der Waals surface area contributed by atoms with Gasteiger partial charge in [0.2, 0.25) is 0 Å². The van der Waals surface area contributed by atoms with Crippen molar-refractivity contribution in [2.45, 2.75) is 0 Å². The van der Waals surface area contributed by atoms with Crippen molar-refractivity contribution >= 4 is 21.7 Å². The van der Waals surface area contributed by atoms with Crippen LogP contribution in [0.5, 0.6) is 0 Å². The van der Waals surface area contributed by atoms with Crippen molar-refractivity contribution in [3.05, 3.63) is 54.8 Å². The molecular formula is C13H9ClO5. The molecule has 1 aromatic heterocycles. The summed E-state index contributed by atoms with van der Waals surface area (Å²) in [6.45, 7) is 0. The van der Waals surface area contributed by atoms with Crippen LogP contribution in [0.2, 0.25) is 0 Å². The summed E-state index contributed by atoms with van der Waals surface area (Å²) in [7, 11) is -4.94. The molecule has 0 amide bonds. The van der Waals surface area contributed by atoms with Gasteiger partial charge in [0.1, 0.15) is 0 Å². The first kappa shape index (κ1) is 13.7. The van der Waals surface area contributed by atoms with Gasteiger partial charge in [-0.05, 0) is 12.1 Å². The van der Waals surface area contributed by atoms with E-state index in [0.29, 0.717) is 0 Å². The third-order valence-corrected chi connectivity index (χ3v) is 2.45. The molecule has 0 fully saturated rings. The molecule has 98 valence electrons. The van der Waals surface area contributed by atoms with Gasteiger partial charge in [0, 0.05) is 11.5 Å². The summed E-state index contributed by atoms with van der Waals surface area (Å²) >= 11 is 0. The van der Waals surface area contributed by atoms with Crippen LogP contribution in [-0.4, -0.2) is 0 Å². The smallest absolute Gasteiger partial charge is 0.222 e. The largest absolute Gasteiger partial charge is 0.360 e. The monoisotopic (exact) mass is 280 g/mol. The average molecular weight is 281 g/mol. The van der Waals surface area contributed by atoms with E-state index in [-0.39, 0.29) is 0 Å². The Hall–Kier alpha value is -1.76.